The predicted molar refractivity (Wildman–Crippen MR) is 104 cm³/mol. The number of nitrogens with zero attached hydrogens (tertiary/aromatic N) is 2. The van der Waals surface area contributed by atoms with Gasteiger partial charge in [-0.3, -0.25) is 4.57 Å². The van der Waals surface area contributed by atoms with Gasteiger partial charge in [-0.05, 0) is 52.7 Å². The molecule has 0 aliphatic heterocycles. The lowest BCUT2D eigenvalue weighted by atomic mass is 10.0. The summed E-state index contributed by atoms with van der Waals surface area (Å²) in [5.74, 6) is 0. The van der Waals surface area contributed by atoms with E-state index in [1.165, 1.54) is 16.3 Å². The summed E-state index contributed by atoms with van der Waals surface area (Å²) < 4.78 is 2.24. The molecule has 0 unspecified atom stereocenters. The van der Waals surface area contributed by atoms with Gasteiger partial charge in [0.2, 0.25) is 0 Å². The fourth-order valence-electron chi connectivity index (χ4n) is 3.43. The number of aromatic nitrogens is 2. The maximum atomic E-state index is 4.63. The van der Waals surface area contributed by atoms with Gasteiger partial charge >= 0.3 is 0 Å². The number of para-hydroxylation sites is 1. The van der Waals surface area contributed by atoms with Crippen molar-refractivity contribution in [2.45, 2.75) is 0 Å². The molecule has 0 fully saturated rings. The minimum atomic E-state index is 0.983. The number of hydrogen-bond acceptors (Lipinski definition) is 1. The maximum Gasteiger partial charge on any atom is 0.144 e. The number of rotatable bonds is 2. The van der Waals surface area contributed by atoms with Crippen LogP contribution in [0.5, 0.6) is 0 Å². The first-order chi connectivity index (χ1) is 12.4. The molecular weight excluding hydrogens is 304 g/mol. The Balaban J connectivity index is 1.83. The first kappa shape index (κ1) is 14.0. The maximum absolute atomic E-state index is 4.63. The lowest BCUT2D eigenvalue weighted by Crippen LogP contribution is -1.97. The summed E-state index contributed by atoms with van der Waals surface area (Å²) in [6.45, 7) is 0. The highest BCUT2D eigenvalue weighted by atomic mass is 15.0. The lowest BCUT2D eigenvalue weighted by Gasteiger charge is -2.11. The zero-order valence-electron chi connectivity index (χ0n) is 13.6. The van der Waals surface area contributed by atoms with E-state index >= 15 is 0 Å². The minimum Gasteiger partial charge on any atom is -0.294 e. The molecule has 0 saturated heterocycles. The molecule has 25 heavy (non-hydrogen) atoms. The van der Waals surface area contributed by atoms with Crippen LogP contribution in [0.2, 0.25) is 0 Å². The van der Waals surface area contributed by atoms with Crippen molar-refractivity contribution in [3.8, 4) is 16.9 Å². The van der Waals surface area contributed by atoms with E-state index in [9.17, 15) is 0 Å². The number of benzene rings is 3. The van der Waals surface area contributed by atoms with Gasteiger partial charge in [0.15, 0.2) is 0 Å². The molecular formula is C23H16N2. The molecule has 2 heterocycles. The van der Waals surface area contributed by atoms with Crippen LogP contribution in [0, 0.1) is 0 Å². The van der Waals surface area contributed by atoms with E-state index < -0.39 is 0 Å². The van der Waals surface area contributed by atoms with Crippen LogP contribution in [-0.4, -0.2) is 9.55 Å². The van der Waals surface area contributed by atoms with Crippen LogP contribution in [-0.2, 0) is 0 Å². The Hall–Kier alpha value is -3.39. The fraction of sp³-hybridized carbons (Fsp3) is 0. The Labute approximate surface area is 146 Å². The summed E-state index contributed by atoms with van der Waals surface area (Å²) >= 11 is 0. The van der Waals surface area contributed by atoms with Crippen molar-refractivity contribution < 1.29 is 0 Å². The Morgan fingerprint density at radius 2 is 1.36 bits per heavy atom. The molecule has 2 heteroatoms. The van der Waals surface area contributed by atoms with Crippen LogP contribution < -0.4 is 0 Å². The summed E-state index contributed by atoms with van der Waals surface area (Å²) in [6.07, 6.45) is 1.85. The Morgan fingerprint density at radius 1 is 0.600 bits per heavy atom. The largest absolute Gasteiger partial charge is 0.294 e. The third-order valence-corrected chi connectivity index (χ3v) is 4.62. The van der Waals surface area contributed by atoms with Gasteiger partial charge in [-0.15, -0.1) is 0 Å². The van der Waals surface area contributed by atoms with Crippen molar-refractivity contribution in [3.05, 3.63) is 97.2 Å². The lowest BCUT2D eigenvalue weighted by molar-refractivity contribution is 1.10. The van der Waals surface area contributed by atoms with Crippen LogP contribution >= 0.6 is 0 Å². The molecule has 0 atom stereocenters. The van der Waals surface area contributed by atoms with Crippen molar-refractivity contribution in [1.82, 2.24) is 9.55 Å². The predicted octanol–water partition coefficient (Wildman–Crippen LogP) is 5.85. The third-order valence-electron chi connectivity index (χ3n) is 4.62. The van der Waals surface area contributed by atoms with Gasteiger partial charge in [-0.2, -0.15) is 0 Å². The van der Waals surface area contributed by atoms with Gasteiger partial charge in [0.1, 0.15) is 5.65 Å². The van der Waals surface area contributed by atoms with E-state index in [-0.39, 0.29) is 0 Å². The van der Waals surface area contributed by atoms with E-state index in [2.05, 4.69) is 88.4 Å². The van der Waals surface area contributed by atoms with E-state index in [1.807, 2.05) is 18.3 Å². The molecule has 0 amide bonds. The first-order valence-corrected chi connectivity index (χ1v) is 8.41. The van der Waals surface area contributed by atoms with Crippen molar-refractivity contribution >= 4 is 21.8 Å². The van der Waals surface area contributed by atoms with Crippen LogP contribution in [0.25, 0.3) is 38.8 Å². The zero-order chi connectivity index (χ0) is 16.6. The normalized spacial score (nSPS) is 11.2. The van der Waals surface area contributed by atoms with E-state index in [1.54, 1.807) is 0 Å². The number of fused-ring (bicyclic) bond motifs is 2. The van der Waals surface area contributed by atoms with Crippen LogP contribution in [0.4, 0.5) is 0 Å². The van der Waals surface area contributed by atoms with E-state index in [0.29, 0.717) is 0 Å². The quantitative estimate of drug-likeness (QED) is 0.399. The number of hydrogen-bond donors (Lipinski definition) is 0. The second-order valence-electron chi connectivity index (χ2n) is 6.18. The minimum absolute atomic E-state index is 0.983. The fourth-order valence-corrected chi connectivity index (χ4v) is 3.43. The second-order valence-corrected chi connectivity index (χ2v) is 6.18. The van der Waals surface area contributed by atoms with Crippen molar-refractivity contribution in [2.75, 3.05) is 0 Å². The zero-order valence-corrected chi connectivity index (χ0v) is 13.6. The van der Waals surface area contributed by atoms with Gasteiger partial charge < -0.3 is 0 Å². The Kier molecular flexibility index (Phi) is 3.14. The standard InChI is InChI=1S/C23H16N2/c1-2-10-21(11-3-1)25-22(16-20-9-6-14-24-23(20)25)19-13-12-17-7-4-5-8-18(17)15-19/h1-16H. The van der Waals surface area contributed by atoms with E-state index in [4.69, 9.17) is 0 Å². The Morgan fingerprint density at radius 3 is 2.24 bits per heavy atom. The molecule has 0 aliphatic carbocycles. The summed E-state index contributed by atoms with van der Waals surface area (Å²) in [4.78, 5) is 4.63. The third kappa shape index (κ3) is 2.31. The molecule has 0 aliphatic rings. The molecule has 5 aromatic rings. The molecule has 5 rings (SSSR count). The molecule has 0 bridgehead atoms. The van der Waals surface area contributed by atoms with Gasteiger partial charge in [-0.1, -0.05) is 54.6 Å². The smallest absolute Gasteiger partial charge is 0.144 e. The van der Waals surface area contributed by atoms with Crippen molar-refractivity contribution in [3.63, 3.8) is 0 Å². The molecule has 2 nitrogen and oxygen atoms in total. The molecule has 118 valence electrons. The summed E-state index contributed by atoms with van der Waals surface area (Å²) in [6, 6.07) is 31.8. The highest BCUT2D eigenvalue weighted by Crippen LogP contribution is 2.32. The SMILES string of the molecule is c1ccc(-n2c(-c3ccc4ccccc4c3)cc3cccnc32)cc1. The molecule has 2 aromatic heterocycles. The van der Waals surface area contributed by atoms with Gasteiger partial charge in [0, 0.05) is 17.3 Å². The molecule has 3 aromatic carbocycles. The monoisotopic (exact) mass is 320 g/mol. The van der Waals surface area contributed by atoms with Gasteiger partial charge in [0.05, 0.1) is 5.69 Å². The highest BCUT2D eigenvalue weighted by molar-refractivity contribution is 5.91. The van der Waals surface area contributed by atoms with Crippen molar-refractivity contribution in [2.24, 2.45) is 0 Å². The topological polar surface area (TPSA) is 17.8 Å². The van der Waals surface area contributed by atoms with Crippen molar-refractivity contribution in [1.29, 1.82) is 0 Å². The van der Waals surface area contributed by atoms with Crippen LogP contribution in [0.3, 0.4) is 0 Å². The van der Waals surface area contributed by atoms with Gasteiger partial charge in [-0.25, -0.2) is 4.98 Å². The van der Waals surface area contributed by atoms with Crippen LogP contribution in [0.1, 0.15) is 0 Å². The first-order valence-electron chi connectivity index (χ1n) is 8.41. The molecule has 0 radical (unpaired) electrons. The van der Waals surface area contributed by atoms with Crippen LogP contribution in [0.15, 0.2) is 97.2 Å². The Bertz CT molecular complexity index is 1190. The highest BCUT2D eigenvalue weighted by Gasteiger charge is 2.13. The van der Waals surface area contributed by atoms with Gasteiger partial charge in [0.25, 0.3) is 0 Å². The molecule has 0 spiro atoms. The second kappa shape index (κ2) is 5.60. The average molecular weight is 320 g/mol. The summed E-state index contributed by atoms with van der Waals surface area (Å²) in [5.41, 5.74) is 4.46. The molecule has 0 saturated carbocycles. The average Bonchev–Trinajstić information content (AvgIpc) is 3.08. The van der Waals surface area contributed by atoms with E-state index in [0.717, 1.165) is 22.4 Å². The number of pyridine rings is 1. The molecule has 0 N–H and O–H groups in total. The summed E-state index contributed by atoms with van der Waals surface area (Å²) in [7, 11) is 0. The summed E-state index contributed by atoms with van der Waals surface area (Å²) in [5, 5.41) is 3.65.